The molecule has 2 N–H and O–H groups in total. The van der Waals surface area contributed by atoms with Crippen LogP contribution in [-0.2, 0) is 12.4 Å². The van der Waals surface area contributed by atoms with Gasteiger partial charge < -0.3 is 15.3 Å². The Bertz CT molecular complexity index is 1220. The fourth-order valence-corrected chi connectivity index (χ4v) is 3.07. The van der Waals surface area contributed by atoms with Crippen LogP contribution in [0.2, 0.25) is 0 Å². The number of hydrogen-bond acceptors (Lipinski definition) is 6. The number of aliphatic hydroxyl groups excluding tert-OH is 1. The van der Waals surface area contributed by atoms with Crippen molar-refractivity contribution in [3.05, 3.63) is 63.2 Å². The SMILES string of the molecule is N#Cc1ccc(N(CCCO)CC(F)(F)F)cc1C(F)(F)F.O=[N+]([O-])c1ccc(NCC(F)(F)F)cc1C(F)(F)F. The first kappa shape index (κ1) is 35.1. The minimum Gasteiger partial charge on any atom is -0.396 e. The third kappa shape index (κ3) is 12.0. The number of benzene rings is 2. The van der Waals surface area contributed by atoms with Gasteiger partial charge in [0.2, 0.25) is 0 Å². The molecule has 0 aliphatic carbocycles. The molecular weight excluding hydrogens is 596 g/mol. The Hall–Kier alpha value is -3.95. The van der Waals surface area contributed by atoms with E-state index in [9.17, 15) is 62.8 Å². The van der Waals surface area contributed by atoms with E-state index in [2.05, 4.69) is 0 Å². The Kier molecular flexibility index (Phi) is 11.6. The average molecular weight is 614 g/mol. The largest absolute Gasteiger partial charge is 0.423 e. The maximum Gasteiger partial charge on any atom is 0.423 e. The number of alkyl halides is 12. The summed E-state index contributed by atoms with van der Waals surface area (Å²) in [7, 11) is 0. The molecule has 0 unspecified atom stereocenters. The topological polar surface area (TPSA) is 102 Å². The van der Waals surface area contributed by atoms with Crippen LogP contribution >= 0.6 is 0 Å². The van der Waals surface area contributed by atoms with Crippen LogP contribution in [0.1, 0.15) is 23.1 Å². The summed E-state index contributed by atoms with van der Waals surface area (Å²) in [5.74, 6) is 0. The van der Waals surface area contributed by atoms with Crippen molar-refractivity contribution in [1.29, 1.82) is 5.26 Å². The van der Waals surface area contributed by atoms with Gasteiger partial charge in [0.25, 0.3) is 5.69 Å². The second-order valence-electron chi connectivity index (χ2n) is 7.91. The Balaban J connectivity index is 0.000000414. The molecule has 2 aromatic rings. The summed E-state index contributed by atoms with van der Waals surface area (Å²) < 4.78 is 149. The second kappa shape index (κ2) is 13.6. The van der Waals surface area contributed by atoms with Crippen molar-refractivity contribution in [2.75, 3.05) is 36.5 Å². The van der Waals surface area contributed by atoms with Crippen LogP contribution < -0.4 is 10.2 Å². The van der Waals surface area contributed by atoms with E-state index in [0.717, 1.165) is 18.2 Å². The lowest BCUT2D eigenvalue weighted by Crippen LogP contribution is -2.35. The van der Waals surface area contributed by atoms with E-state index in [0.29, 0.717) is 17.0 Å². The molecule has 2 rings (SSSR count). The lowest BCUT2D eigenvalue weighted by Gasteiger charge is -2.26. The van der Waals surface area contributed by atoms with Gasteiger partial charge in [0.15, 0.2) is 0 Å². The summed E-state index contributed by atoms with van der Waals surface area (Å²) >= 11 is 0. The average Bonchev–Trinajstić information content (AvgIpc) is 2.83. The van der Waals surface area contributed by atoms with E-state index in [1.807, 2.05) is 0 Å². The van der Waals surface area contributed by atoms with Crippen LogP contribution in [0.3, 0.4) is 0 Å². The summed E-state index contributed by atoms with van der Waals surface area (Å²) in [5.41, 5.74) is -5.59. The van der Waals surface area contributed by atoms with Crippen molar-refractivity contribution in [1.82, 2.24) is 0 Å². The first-order chi connectivity index (χ1) is 18.6. The summed E-state index contributed by atoms with van der Waals surface area (Å²) in [6.07, 6.45) is -19.1. The highest BCUT2D eigenvalue weighted by molar-refractivity contribution is 5.56. The minimum absolute atomic E-state index is 0.0303. The summed E-state index contributed by atoms with van der Waals surface area (Å²) in [6.45, 7) is -3.64. The number of nitriles is 1. The number of nitrogens with zero attached hydrogens (tertiary/aromatic N) is 3. The molecule has 0 atom stereocenters. The molecule has 7 nitrogen and oxygen atoms in total. The highest BCUT2D eigenvalue weighted by atomic mass is 19.4. The van der Waals surface area contributed by atoms with Crippen LogP contribution in [0.4, 0.5) is 69.7 Å². The Morgan fingerprint density at radius 1 is 0.878 bits per heavy atom. The zero-order chi connectivity index (χ0) is 31.8. The Morgan fingerprint density at radius 2 is 1.46 bits per heavy atom. The van der Waals surface area contributed by atoms with Gasteiger partial charge in [-0.25, -0.2) is 0 Å². The summed E-state index contributed by atoms with van der Waals surface area (Å²) in [6, 6.07) is 5.28. The molecule has 2 aromatic carbocycles. The lowest BCUT2D eigenvalue weighted by atomic mass is 10.1. The van der Waals surface area contributed by atoms with Crippen molar-refractivity contribution < 1.29 is 62.7 Å². The standard InChI is InChI=1S/C13H12F6N2O.C9H6F6N2O2/c14-12(15,16)8-21(4-1-5-22)10-3-2-9(7-20)11(6-10)13(17,18)19;10-8(11,12)4-16-5-1-2-7(17(18)19)6(3-5)9(13,14)15/h2-3,6,22H,1,4-5,8H2;1-3,16H,4H2. The molecular formula is C22H18F12N4O3. The van der Waals surface area contributed by atoms with E-state index >= 15 is 0 Å². The van der Waals surface area contributed by atoms with E-state index in [1.165, 1.54) is 6.07 Å². The van der Waals surface area contributed by atoms with Gasteiger partial charge in [-0.3, -0.25) is 10.1 Å². The number of nitro benzene ring substituents is 1. The van der Waals surface area contributed by atoms with Crippen LogP contribution in [0, 0.1) is 21.4 Å². The van der Waals surface area contributed by atoms with Crippen LogP contribution in [-0.4, -0.2) is 48.6 Å². The highest BCUT2D eigenvalue weighted by Crippen LogP contribution is 2.38. The number of aliphatic hydroxyl groups is 1. The van der Waals surface area contributed by atoms with Gasteiger partial charge in [0.05, 0.1) is 22.1 Å². The highest BCUT2D eigenvalue weighted by Gasteiger charge is 2.39. The van der Waals surface area contributed by atoms with Gasteiger partial charge in [-0.2, -0.15) is 57.9 Å². The minimum atomic E-state index is -5.03. The molecule has 41 heavy (non-hydrogen) atoms. The molecule has 0 spiro atoms. The zero-order valence-corrected chi connectivity index (χ0v) is 20.1. The molecule has 0 amide bonds. The maximum atomic E-state index is 12.8. The van der Waals surface area contributed by atoms with E-state index in [4.69, 9.17) is 10.4 Å². The van der Waals surface area contributed by atoms with Gasteiger partial charge in [-0.05, 0) is 36.8 Å². The fraction of sp³-hybridized carbons (Fsp3) is 0.409. The molecule has 0 aliphatic heterocycles. The van der Waals surface area contributed by atoms with Crippen molar-refractivity contribution in [2.24, 2.45) is 0 Å². The summed E-state index contributed by atoms with van der Waals surface area (Å²) in [4.78, 5) is 9.84. The van der Waals surface area contributed by atoms with E-state index in [-0.39, 0.29) is 24.7 Å². The first-order valence-electron chi connectivity index (χ1n) is 10.8. The number of rotatable bonds is 8. The van der Waals surface area contributed by atoms with E-state index in [1.54, 1.807) is 5.32 Å². The Labute approximate surface area is 222 Å². The quantitative estimate of drug-likeness (QED) is 0.190. The van der Waals surface area contributed by atoms with Crippen LogP contribution in [0.15, 0.2) is 36.4 Å². The van der Waals surface area contributed by atoms with Gasteiger partial charge in [0, 0.05) is 30.6 Å². The predicted molar refractivity (Wildman–Crippen MR) is 119 cm³/mol. The maximum absolute atomic E-state index is 12.8. The number of anilines is 2. The number of halogens is 12. The van der Waals surface area contributed by atoms with Gasteiger partial charge in [-0.15, -0.1) is 0 Å². The Morgan fingerprint density at radius 3 is 1.90 bits per heavy atom. The number of nitrogens with one attached hydrogen (secondary N) is 1. The number of hydrogen-bond donors (Lipinski definition) is 2. The summed E-state index contributed by atoms with van der Waals surface area (Å²) in [5, 5.41) is 29.5. The lowest BCUT2D eigenvalue weighted by molar-refractivity contribution is -0.388. The van der Waals surface area contributed by atoms with Crippen molar-refractivity contribution >= 4 is 17.1 Å². The fourth-order valence-electron chi connectivity index (χ4n) is 3.07. The second-order valence-corrected chi connectivity index (χ2v) is 7.91. The molecule has 0 saturated heterocycles. The van der Waals surface area contributed by atoms with E-state index < -0.39 is 77.4 Å². The molecule has 0 aromatic heterocycles. The third-order valence-corrected chi connectivity index (χ3v) is 4.74. The van der Waals surface area contributed by atoms with Crippen molar-refractivity contribution in [3.8, 4) is 6.07 Å². The normalized spacial score (nSPS) is 12.2. The first-order valence-corrected chi connectivity index (χ1v) is 10.8. The molecule has 0 bridgehead atoms. The molecule has 0 saturated carbocycles. The number of nitro groups is 1. The van der Waals surface area contributed by atoms with Crippen molar-refractivity contribution in [2.45, 2.75) is 31.1 Å². The molecule has 19 heteroatoms. The smallest absolute Gasteiger partial charge is 0.396 e. The van der Waals surface area contributed by atoms with Gasteiger partial charge >= 0.3 is 24.7 Å². The monoisotopic (exact) mass is 614 g/mol. The van der Waals surface area contributed by atoms with Gasteiger partial charge in [0.1, 0.15) is 18.7 Å². The molecule has 0 heterocycles. The molecule has 0 aliphatic rings. The zero-order valence-electron chi connectivity index (χ0n) is 20.1. The van der Waals surface area contributed by atoms with Crippen LogP contribution in [0.25, 0.3) is 0 Å². The molecule has 0 fully saturated rings. The van der Waals surface area contributed by atoms with Gasteiger partial charge in [-0.1, -0.05) is 0 Å². The van der Waals surface area contributed by atoms with Crippen molar-refractivity contribution in [3.63, 3.8) is 0 Å². The van der Waals surface area contributed by atoms with Crippen LogP contribution in [0.5, 0.6) is 0 Å². The predicted octanol–water partition coefficient (Wildman–Crippen LogP) is 6.92. The molecule has 228 valence electrons. The molecule has 0 radical (unpaired) electrons. The third-order valence-electron chi connectivity index (χ3n) is 4.74.